The van der Waals surface area contributed by atoms with Crippen LogP contribution in [-0.2, 0) is 16.1 Å². The minimum atomic E-state index is -0.229. The van der Waals surface area contributed by atoms with Crippen molar-refractivity contribution in [2.45, 2.75) is 44.8 Å². The summed E-state index contributed by atoms with van der Waals surface area (Å²) in [4.78, 5) is 29.2. The van der Waals surface area contributed by atoms with Crippen molar-refractivity contribution in [3.63, 3.8) is 0 Å². The van der Waals surface area contributed by atoms with Crippen molar-refractivity contribution in [2.24, 2.45) is 0 Å². The van der Waals surface area contributed by atoms with Crippen LogP contribution in [0.25, 0.3) is 0 Å². The Bertz CT molecular complexity index is 859. The lowest BCUT2D eigenvalue weighted by atomic mass is 9.99. The van der Waals surface area contributed by atoms with Gasteiger partial charge in [0.1, 0.15) is 6.54 Å². The van der Waals surface area contributed by atoms with Gasteiger partial charge in [-0.15, -0.1) is 0 Å². The van der Waals surface area contributed by atoms with Gasteiger partial charge in [0.25, 0.3) is 0 Å². The molecule has 0 spiro atoms. The number of rotatable bonds is 5. The number of nitrogens with zero attached hydrogens (tertiary/aromatic N) is 3. The smallest absolute Gasteiger partial charge is 0.243 e. The van der Waals surface area contributed by atoms with E-state index in [-0.39, 0.29) is 30.4 Å². The molecule has 1 aliphatic heterocycles. The maximum absolute atomic E-state index is 13.3. The Balaban J connectivity index is 1.65. The quantitative estimate of drug-likeness (QED) is 0.791. The van der Waals surface area contributed by atoms with E-state index in [1.165, 1.54) is 0 Å². The summed E-state index contributed by atoms with van der Waals surface area (Å²) in [6.45, 7) is 3.36. The number of hydrogen-bond donors (Lipinski definition) is 0. The molecule has 1 atom stereocenters. The first-order chi connectivity index (χ1) is 13.1. The van der Waals surface area contributed by atoms with Crippen LogP contribution in [0.1, 0.15) is 43.5 Å². The van der Waals surface area contributed by atoms with E-state index in [4.69, 9.17) is 11.6 Å². The molecule has 0 bridgehead atoms. The third-order valence-corrected chi connectivity index (χ3v) is 5.82. The van der Waals surface area contributed by atoms with Crippen molar-refractivity contribution in [2.75, 3.05) is 13.1 Å². The molecule has 4 rings (SSSR count). The molecule has 0 unspecified atom stereocenters. The van der Waals surface area contributed by atoms with E-state index < -0.39 is 0 Å². The standard InChI is InChI=1S/C21H24ClN3O2/c1-2-19(26)25(15-9-10-15)14-20(27)24-13-12-23-11-5-8-18(23)21(24)16-6-3-4-7-17(16)22/h3-8,11,15,21H,2,9-10,12-14H2,1H3/t21-/m1/s1. The van der Waals surface area contributed by atoms with Gasteiger partial charge in [0.05, 0.1) is 6.04 Å². The number of hydrogen-bond acceptors (Lipinski definition) is 2. The molecule has 6 heteroatoms. The molecule has 2 heterocycles. The molecule has 5 nitrogen and oxygen atoms in total. The normalized spacial score (nSPS) is 18.9. The molecule has 1 fully saturated rings. The number of carbonyl (C=O) groups excluding carboxylic acids is 2. The fourth-order valence-electron chi connectivity index (χ4n) is 3.92. The average Bonchev–Trinajstić information content (AvgIpc) is 3.41. The van der Waals surface area contributed by atoms with Gasteiger partial charge in [-0.25, -0.2) is 0 Å². The molecule has 142 valence electrons. The van der Waals surface area contributed by atoms with Gasteiger partial charge in [0.2, 0.25) is 11.8 Å². The third-order valence-electron chi connectivity index (χ3n) is 5.47. The summed E-state index contributed by atoms with van der Waals surface area (Å²) < 4.78 is 2.17. The summed E-state index contributed by atoms with van der Waals surface area (Å²) in [5.74, 6) is 0.0431. The van der Waals surface area contributed by atoms with Gasteiger partial charge < -0.3 is 14.4 Å². The zero-order chi connectivity index (χ0) is 19.0. The highest BCUT2D eigenvalue weighted by molar-refractivity contribution is 6.31. The summed E-state index contributed by atoms with van der Waals surface area (Å²) in [5.41, 5.74) is 1.98. The molecule has 1 aromatic carbocycles. The van der Waals surface area contributed by atoms with Gasteiger partial charge in [-0.1, -0.05) is 36.7 Å². The average molecular weight is 386 g/mol. The number of aromatic nitrogens is 1. The van der Waals surface area contributed by atoms with Gasteiger partial charge in [-0.05, 0) is 36.6 Å². The first kappa shape index (κ1) is 18.1. The number of halogens is 1. The van der Waals surface area contributed by atoms with Crippen LogP contribution in [0.5, 0.6) is 0 Å². The number of benzene rings is 1. The second kappa shape index (κ2) is 7.39. The monoisotopic (exact) mass is 385 g/mol. The van der Waals surface area contributed by atoms with E-state index >= 15 is 0 Å². The van der Waals surface area contributed by atoms with E-state index in [0.29, 0.717) is 18.0 Å². The highest BCUT2D eigenvalue weighted by Gasteiger charge is 2.37. The summed E-state index contributed by atoms with van der Waals surface area (Å²) >= 11 is 6.49. The fourth-order valence-corrected chi connectivity index (χ4v) is 4.16. The summed E-state index contributed by atoms with van der Waals surface area (Å²) in [6, 6.07) is 11.7. The van der Waals surface area contributed by atoms with Crippen molar-refractivity contribution in [1.29, 1.82) is 0 Å². The third kappa shape index (κ3) is 3.48. The highest BCUT2D eigenvalue weighted by atomic mass is 35.5. The Labute approximate surface area is 164 Å². The van der Waals surface area contributed by atoms with E-state index in [2.05, 4.69) is 4.57 Å². The van der Waals surface area contributed by atoms with Crippen LogP contribution in [0.3, 0.4) is 0 Å². The summed E-state index contributed by atoms with van der Waals surface area (Å²) in [5, 5.41) is 0.652. The lowest BCUT2D eigenvalue weighted by Gasteiger charge is -2.38. The van der Waals surface area contributed by atoms with Crippen LogP contribution >= 0.6 is 11.6 Å². The van der Waals surface area contributed by atoms with Gasteiger partial charge in [-0.2, -0.15) is 0 Å². The van der Waals surface area contributed by atoms with Crippen LogP contribution in [0.2, 0.25) is 5.02 Å². The first-order valence-electron chi connectivity index (χ1n) is 9.58. The van der Waals surface area contributed by atoms with Crippen molar-refractivity contribution in [3.8, 4) is 0 Å². The van der Waals surface area contributed by atoms with Crippen LogP contribution in [-0.4, -0.2) is 45.3 Å². The lowest BCUT2D eigenvalue weighted by Crippen LogP contribution is -2.48. The predicted octanol–water partition coefficient (Wildman–Crippen LogP) is 3.47. The molecule has 1 aromatic heterocycles. The zero-order valence-electron chi connectivity index (χ0n) is 15.5. The SMILES string of the molecule is CCC(=O)N(CC(=O)N1CCn2cccc2[C@H]1c1ccccc1Cl)C1CC1. The predicted molar refractivity (Wildman–Crippen MR) is 104 cm³/mol. The molecule has 1 aliphatic carbocycles. The second-order valence-electron chi connectivity index (χ2n) is 7.24. The van der Waals surface area contributed by atoms with E-state index in [0.717, 1.165) is 30.6 Å². The molecule has 0 N–H and O–H groups in total. The maximum atomic E-state index is 13.3. The molecule has 2 amide bonds. The molecule has 0 saturated heterocycles. The molecule has 0 radical (unpaired) electrons. The Morgan fingerprint density at radius 1 is 1.15 bits per heavy atom. The number of amides is 2. The van der Waals surface area contributed by atoms with Crippen LogP contribution < -0.4 is 0 Å². The minimum absolute atomic E-state index is 0.0129. The zero-order valence-corrected chi connectivity index (χ0v) is 16.2. The molecular weight excluding hydrogens is 362 g/mol. The van der Waals surface area contributed by atoms with E-state index in [1.807, 2.05) is 54.4 Å². The molecule has 27 heavy (non-hydrogen) atoms. The van der Waals surface area contributed by atoms with E-state index in [9.17, 15) is 9.59 Å². The Morgan fingerprint density at radius 3 is 2.63 bits per heavy atom. The van der Waals surface area contributed by atoms with Crippen molar-refractivity contribution >= 4 is 23.4 Å². The van der Waals surface area contributed by atoms with Crippen LogP contribution in [0.4, 0.5) is 0 Å². The van der Waals surface area contributed by atoms with Crippen LogP contribution in [0.15, 0.2) is 42.6 Å². The van der Waals surface area contributed by atoms with Gasteiger partial charge >= 0.3 is 0 Å². The van der Waals surface area contributed by atoms with Crippen molar-refractivity contribution in [1.82, 2.24) is 14.4 Å². The molecule has 2 aromatic rings. The Kier molecular flexibility index (Phi) is 4.96. The summed E-state index contributed by atoms with van der Waals surface area (Å²) in [7, 11) is 0. The summed E-state index contributed by atoms with van der Waals surface area (Å²) in [6.07, 6.45) is 4.46. The largest absolute Gasteiger partial charge is 0.348 e. The maximum Gasteiger partial charge on any atom is 0.243 e. The van der Waals surface area contributed by atoms with Gasteiger partial charge in [-0.3, -0.25) is 9.59 Å². The van der Waals surface area contributed by atoms with Gasteiger partial charge in [0, 0.05) is 42.5 Å². The van der Waals surface area contributed by atoms with Crippen molar-refractivity contribution in [3.05, 3.63) is 58.9 Å². The van der Waals surface area contributed by atoms with E-state index in [1.54, 1.807) is 4.90 Å². The number of fused-ring (bicyclic) bond motifs is 1. The molecule has 2 aliphatic rings. The Morgan fingerprint density at radius 2 is 1.93 bits per heavy atom. The molecule has 1 saturated carbocycles. The minimum Gasteiger partial charge on any atom is -0.348 e. The first-order valence-corrected chi connectivity index (χ1v) is 9.96. The highest BCUT2D eigenvalue weighted by Crippen LogP contribution is 2.36. The molecular formula is C21H24ClN3O2. The Hall–Kier alpha value is -2.27. The number of carbonyl (C=O) groups is 2. The second-order valence-corrected chi connectivity index (χ2v) is 7.65. The topological polar surface area (TPSA) is 45.6 Å². The van der Waals surface area contributed by atoms with Gasteiger partial charge in [0.15, 0.2) is 0 Å². The van der Waals surface area contributed by atoms with Crippen LogP contribution in [0, 0.1) is 0 Å². The lowest BCUT2D eigenvalue weighted by molar-refractivity contribution is -0.142. The van der Waals surface area contributed by atoms with Crippen molar-refractivity contribution < 1.29 is 9.59 Å². The fraction of sp³-hybridized carbons (Fsp3) is 0.429.